The lowest BCUT2D eigenvalue weighted by molar-refractivity contribution is -0.0412. The van der Waals surface area contributed by atoms with Crippen molar-refractivity contribution in [2.24, 2.45) is 0 Å². The van der Waals surface area contributed by atoms with Gasteiger partial charge in [-0.2, -0.15) is 0 Å². The van der Waals surface area contributed by atoms with Crippen LogP contribution < -0.4 is 10.1 Å². The van der Waals surface area contributed by atoms with E-state index in [9.17, 15) is 0 Å². The smallest absolute Gasteiger partial charge is 0.119 e. The molecular formula is C17H29NO3. The van der Waals surface area contributed by atoms with E-state index in [1.807, 2.05) is 25.1 Å². The molecule has 1 rings (SSSR count). The third-order valence-electron chi connectivity index (χ3n) is 3.08. The third-order valence-corrected chi connectivity index (χ3v) is 3.08. The van der Waals surface area contributed by atoms with Crippen LogP contribution in [0.15, 0.2) is 24.3 Å². The molecule has 1 aromatic rings. The maximum Gasteiger partial charge on any atom is 0.119 e. The molecule has 0 aliphatic rings. The summed E-state index contributed by atoms with van der Waals surface area (Å²) in [6, 6.07) is 8.02. The Hall–Kier alpha value is -1.10. The molecule has 0 saturated heterocycles. The number of nitrogens with one attached hydrogen (secondary N) is 1. The average molecular weight is 295 g/mol. The first-order chi connectivity index (χ1) is 9.85. The Bertz CT molecular complexity index is 415. The van der Waals surface area contributed by atoms with Gasteiger partial charge in [-0.25, -0.2) is 0 Å². The summed E-state index contributed by atoms with van der Waals surface area (Å²) in [6.07, 6.45) is -0.00237. The number of ether oxygens (including phenoxy) is 3. The van der Waals surface area contributed by atoms with Gasteiger partial charge < -0.3 is 19.5 Å². The summed E-state index contributed by atoms with van der Waals surface area (Å²) in [7, 11) is 3.36. The summed E-state index contributed by atoms with van der Waals surface area (Å²) in [5, 5.41) is 3.50. The van der Waals surface area contributed by atoms with E-state index in [2.05, 4.69) is 32.2 Å². The zero-order valence-corrected chi connectivity index (χ0v) is 14.1. The molecule has 0 heterocycles. The van der Waals surface area contributed by atoms with Crippen LogP contribution in [0.3, 0.4) is 0 Å². The highest BCUT2D eigenvalue weighted by Crippen LogP contribution is 2.23. The average Bonchev–Trinajstić information content (AvgIpc) is 2.43. The minimum absolute atomic E-state index is 0.0352. The molecule has 0 saturated carbocycles. The fraction of sp³-hybridized carbons (Fsp3) is 0.647. The van der Waals surface area contributed by atoms with Crippen LogP contribution >= 0.6 is 0 Å². The molecule has 0 bridgehead atoms. The molecule has 1 aromatic carbocycles. The van der Waals surface area contributed by atoms with Crippen molar-refractivity contribution >= 4 is 0 Å². The predicted molar refractivity (Wildman–Crippen MR) is 85.9 cm³/mol. The Kier molecular flexibility index (Phi) is 7.15. The lowest BCUT2D eigenvalue weighted by atomic mass is 10.1. The van der Waals surface area contributed by atoms with Gasteiger partial charge in [-0.15, -0.1) is 0 Å². The summed E-state index contributed by atoms with van der Waals surface area (Å²) < 4.78 is 16.6. The molecule has 0 aliphatic carbocycles. The fourth-order valence-electron chi connectivity index (χ4n) is 2.04. The fourth-order valence-corrected chi connectivity index (χ4v) is 2.04. The normalized spacial score (nSPS) is 14.8. The second-order valence-electron chi connectivity index (χ2n) is 6.30. The van der Waals surface area contributed by atoms with Crippen molar-refractivity contribution in [3.63, 3.8) is 0 Å². The van der Waals surface area contributed by atoms with Gasteiger partial charge in [0.1, 0.15) is 5.75 Å². The topological polar surface area (TPSA) is 39.7 Å². The molecule has 0 aliphatic heterocycles. The highest BCUT2D eigenvalue weighted by molar-refractivity contribution is 5.30. The monoisotopic (exact) mass is 295 g/mol. The molecule has 120 valence electrons. The van der Waals surface area contributed by atoms with Crippen LogP contribution in [-0.2, 0) is 9.47 Å². The van der Waals surface area contributed by atoms with Gasteiger partial charge in [-0.3, -0.25) is 0 Å². The Labute approximate surface area is 128 Å². The zero-order chi connectivity index (χ0) is 15.9. The van der Waals surface area contributed by atoms with Gasteiger partial charge >= 0.3 is 0 Å². The molecule has 0 amide bonds. The van der Waals surface area contributed by atoms with E-state index in [1.54, 1.807) is 14.2 Å². The van der Waals surface area contributed by atoms with E-state index in [0.717, 1.165) is 17.9 Å². The van der Waals surface area contributed by atoms with Crippen LogP contribution in [0.25, 0.3) is 0 Å². The van der Waals surface area contributed by atoms with Crippen molar-refractivity contribution < 1.29 is 14.2 Å². The number of hydrogen-bond acceptors (Lipinski definition) is 4. The summed E-state index contributed by atoms with van der Waals surface area (Å²) >= 11 is 0. The first-order valence-electron chi connectivity index (χ1n) is 7.39. The van der Waals surface area contributed by atoms with Gasteiger partial charge in [-0.1, -0.05) is 12.1 Å². The Morgan fingerprint density at radius 1 is 1.19 bits per heavy atom. The highest BCUT2D eigenvalue weighted by Gasteiger charge is 2.19. The summed E-state index contributed by atoms with van der Waals surface area (Å²) in [6.45, 7) is 9.78. The van der Waals surface area contributed by atoms with E-state index < -0.39 is 0 Å². The zero-order valence-electron chi connectivity index (χ0n) is 14.1. The van der Waals surface area contributed by atoms with Gasteiger partial charge in [0.25, 0.3) is 0 Å². The maximum absolute atomic E-state index is 6.13. The van der Waals surface area contributed by atoms with E-state index in [4.69, 9.17) is 14.2 Å². The molecule has 0 fully saturated rings. The molecule has 4 nitrogen and oxygen atoms in total. The van der Waals surface area contributed by atoms with Crippen molar-refractivity contribution in [2.45, 2.75) is 45.4 Å². The number of benzene rings is 1. The third kappa shape index (κ3) is 6.93. The maximum atomic E-state index is 6.13. The Balaban J connectivity index is 2.83. The van der Waals surface area contributed by atoms with Crippen LogP contribution in [0.1, 0.15) is 39.4 Å². The van der Waals surface area contributed by atoms with Crippen molar-refractivity contribution in [1.29, 1.82) is 0 Å². The SMILES string of the molecule is COCC(C)OC(CNC(C)(C)C)c1cccc(OC)c1. The summed E-state index contributed by atoms with van der Waals surface area (Å²) in [4.78, 5) is 0. The molecule has 2 unspecified atom stereocenters. The van der Waals surface area contributed by atoms with Gasteiger partial charge in [0.2, 0.25) is 0 Å². The lowest BCUT2D eigenvalue weighted by Gasteiger charge is -2.28. The predicted octanol–water partition coefficient (Wildman–Crippen LogP) is 3.18. The van der Waals surface area contributed by atoms with Gasteiger partial charge in [0.05, 0.1) is 25.9 Å². The Morgan fingerprint density at radius 3 is 2.48 bits per heavy atom. The second kappa shape index (κ2) is 8.37. The van der Waals surface area contributed by atoms with Crippen molar-refractivity contribution in [2.75, 3.05) is 27.4 Å². The number of methoxy groups -OCH3 is 2. The van der Waals surface area contributed by atoms with Crippen molar-refractivity contribution in [1.82, 2.24) is 5.32 Å². The van der Waals surface area contributed by atoms with Gasteiger partial charge in [-0.05, 0) is 45.4 Å². The summed E-state index contributed by atoms with van der Waals surface area (Å²) in [5.41, 5.74) is 1.15. The summed E-state index contributed by atoms with van der Waals surface area (Å²) in [5.74, 6) is 0.844. The van der Waals surface area contributed by atoms with E-state index in [0.29, 0.717) is 6.61 Å². The highest BCUT2D eigenvalue weighted by atomic mass is 16.5. The first-order valence-corrected chi connectivity index (χ1v) is 7.39. The van der Waals surface area contributed by atoms with Crippen molar-refractivity contribution in [3.8, 4) is 5.75 Å². The minimum Gasteiger partial charge on any atom is -0.497 e. The molecule has 1 N–H and O–H groups in total. The van der Waals surface area contributed by atoms with Gasteiger partial charge in [0, 0.05) is 19.2 Å². The second-order valence-corrected chi connectivity index (χ2v) is 6.30. The standard InChI is InChI=1S/C17H29NO3/c1-13(12-19-5)21-16(11-18-17(2,3)4)14-8-7-9-15(10-14)20-6/h7-10,13,16,18H,11-12H2,1-6H3. The van der Waals surface area contributed by atoms with Crippen LogP contribution in [0.4, 0.5) is 0 Å². The van der Waals surface area contributed by atoms with Crippen LogP contribution in [0, 0.1) is 0 Å². The number of hydrogen-bond donors (Lipinski definition) is 1. The first kappa shape index (κ1) is 18.0. The van der Waals surface area contributed by atoms with E-state index in [1.165, 1.54) is 0 Å². The van der Waals surface area contributed by atoms with Crippen LogP contribution in [0.2, 0.25) is 0 Å². The van der Waals surface area contributed by atoms with E-state index in [-0.39, 0.29) is 17.7 Å². The molecule has 4 heteroatoms. The molecule has 21 heavy (non-hydrogen) atoms. The Morgan fingerprint density at radius 2 is 1.90 bits per heavy atom. The molecule has 2 atom stereocenters. The molecule has 0 spiro atoms. The molecule has 0 radical (unpaired) electrons. The quantitative estimate of drug-likeness (QED) is 0.799. The molecular weight excluding hydrogens is 266 g/mol. The van der Waals surface area contributed by atoms with Crippen molar-refractivity contribution in [3.05, 3.63) is 29.8 Å². The minimum atomic E-state index is -0.0375. The largest absolute Gasteiger partial charge is 0.497 e. The molecule has 0 aromatic heterocycles. The van der Waals surface area contributed by atoms with Crippen LogP contribution in [-0.4, -0.2) is 39.0 Å². The van der Waals surface area contributed by atoms with Gasteiger partial charge in [0.15, 0.2) is 0 Å². The number of rotatable bonds is 8. The lowest BCUT2D eigenvalue weighted by Crippen LogP contribution is -2.39. The van der Waals surface area contributed by atoms with Crippen LogP contribution in [0.5, 0.6) is 5.75 Å². The van der Waals surface area contributed by atoms with E-state index >= 15 is 0 Å².